The summed E-state index contributed by atoms with van der Waals surface area (Å²) in [6.45, 7) is 0.237. The van der Waals surface area contributed by atoms with Gasteiger partial charge in [0.25, 0.3) is 0 Å². The molecule has 0 spiro atoms. The van der Waals surface area contributed by atoms with Crippen LogP contribution in [0.4, 0.5) is 5.69 Å². The van der Waals surface area contributed by atoms with Crippen molar-refractivity contribution in [1.82, 2.24) is 4.98 Å². The maximum Gasteiger partial charge on any atom is 0.231 e. The van der Waals surface area contributed by atoms with E-state index in [0.717, 1.165) is 56.9 Å². The van der Waals surface area contributed by atoms with Gasteiger partial charge in [-0.3, -0.25) is 9.78 Å². The Kier molecular flexibility index (Phi) is 2.92. The monoisotopic (exact) mass is 356 g/mol. The van der Waals surface area contributed by atoms with Crippen molar-refractivity contribution in [3.8, 4) is 11.5 Å². The van der Waals surface area contributed by atoms with Crippen molar-refractivity contribution in [1.29, 1.82) is 0 Å². The maximum atomic E-state index is 12.8. The summed E-state index contributed by atoms with van der Waals surface area (Å²) >= 11 is 0. The Hall–Kier alpha value is -3.34. The summed E-state index contributed by atoms with van der Waals surface area (Å²) in [5, 5.41) is 4.57. The van der Waals surface area contributed by atoms with Crippen LogP contribution in [0.15, 0.2) is 59.9 Å². The van der Waals surface area contributed by atoms with Crippen molar-refractivity contribution in [2.75, 3.05) is 12.1 Å². The first-order chi connectivity index (χ1) is 13.3. The van der Waals surface area contributed by atoms with E-state index in [2.05, 4.69) is 22.4 Å². The van der Waals surface area contributed by atoms with Crippen LogP contribution in [0.5, 0.6) is 11.5 Å². The molecule has 0 radical (unpaired) electrons. The van der Waals surface area contributed by atoms with E-state index in [-0.39, 0.29) is 18.5 Å². The highest BCUT2D eigenvalue weighted by atomic mass is 16.7. The summed E-state index contributed by atoms with van der Waals surface area (Å²) in [6, 6.07) is 14.1. The molecule has 0 saturated carbocycles. The van der Waals surface area contributed by atoms with E-state index in [1.54, 1.807) is 6.20 Å². The number of ketones is 1. The fourth-order valence-corrected chi connectivity index (χ4v) is 4.47. The zero-order valence-electron chi connectivity index (χ0n) is 14.5. The van der Waals surface area contributed by atoms with Gasteiger partial charge in [0, 0.05) is 40.9 Å². The van der Waals surface area contributed by atoms with E-state index in [9.17, 15) is 4.79 Å². The lowest BCUT2D eigenvalue weighted by atomic mass is 9.79. The Labute approximate surface area is 155 Å². The van der Waals surface area contributed by atoms with Gasteiger partial charge in [-0.15, -0.1) is 0 Å². The first kappa shape index (κ1) is 14.8. The molecule has 1 unspecified atom stereocenters. The number of hydrogen-bond donors (Lipinski definition) is 1. The Balaban J connectivity index is 1.65. The highest BCUT2D eigenvalue weighted by Crippen LogP contribution is 2.49. The number of carbonyl (C=O) groups excluding carboxylic acids is 1. The number of allylic oxidation sites excluding steroid dienone is 2. The molecule has 2 aliphatic heterocycles. The van der Waals surface area contributed by atoms with Gasteiger partial charge in [-0.25, -0.2) is 0 Å². The predicted octanol–water partition coefficient (Wildman–Crippen LogP) is 4.14. The number of ether oxygens (including phenoxy) is 2. The van der Waals surface area contributed by atoms with E-state index < -0.39 is 0 Å². The van der Waals surface area contributed by atoms with Crippen LogP contribution in [0.3, 0.4) is 0 Å². The summed E-state index contributed by atoms with van der Waals surface area (Å²) in [5.74, 6) is 1.57. The number of nitrogens with one attached hydrogen (secondary N) is 1. The minimum atomic E-state index is -0.131. The average molecular weight is 356 g/mol. The van der Waals surface area contributed by atoms with E-state index >= 15 is 0 Å². The first-order valence-electron chi connectivity index (χ1n) is 9.10. The lowest BCUT2D eigenvalue weighted by Crippen LogP contribution is -2.19. The number of Topliss-reactive ketones (excluding diaryl/α,β-unsaturated/α-hetero) is 1. The zero-order valence-corrected chi connectivity index (χ0v) is 14.5. The number of pyridine rings is 1. The van der Waals surface area contributed by atoms with E-state index in [1.807, 2.05) is 30.3 Å². The van der Waals surface area contributed by atoms with E-state index in [0.29, 0.717) is 6.42 Å². The fourth-order valence-electron chi connectivity index (χ4n) is 4.47. The smallest absolute Gasteiger partial charge is 0.231 e. The summed E-state index contributed by atoms with van der Waals surface area (Å²) in [5.41, 5.74) is 6.04. The van der Waals surface area contributed by atoms with Gasteiger partial charge < -0.3 is 14.8 Å². The molecule has 1 atom stereocenters. The first-order valence-corrected chi connectivity index (χ1v) is 9.10. The van der Waals surface area contributed by atoms with Gasteiger partial charge in [0.05, 0.1) is 5.52 Å². The Bertz CT molecular complexity index is 1170. The van der Waals surface area contributed by atoms with Gasteiger partial charge in [0.2, 0.25) is 6.79 Å². The molecule has 3 aliphatic rings. The van der Waals surface area contributed by atoms with E-state index in [4.69, 9.17) is 9.47 Å². The third kappa shape index (κ3) is 2.05. The average Bonchev–Trinajstić information content (AvgIpc) is 3.32. The topological polar surface area (TPSA) is 60.5 Å². The van der Waals surface area contributed by atoms with Gasteiger partial charge in [0.15, 0.2) is 17.3 Å². The van der Waals surface area contributed by atoms with Crippen LogP contribution in [0.25, 0.3) is 10.9 Å². The Morgan fingerprint density at radius 1 is 1.04 bits per heavy atom. The SMILES string of the molecule is O=C1CCC2=C1C(c1ccc3c(c1)OCO3)c1c(ccc3ncccc13)N2. The minimum absolute atomic E-state index is 0.131. The molecule has 1 aromatic heterocycles. The van der Waals surface area contributed by atoms with Crippen molar-refractivity contribution in [3.05, 3.63) is 71.1 Å². The van der Waals surface area contributed by atoms with Crippen molar-refractivity contribution in [3.63, 3.8) is 0 Å². The van der Waals surface area contributed by atoms with Crippen LogP contribution in [-0.2, 0) is 4.79 Å². The molecule has 1 N–H and O–H groups in total. The summed E-state index contributed by atoms with van der Waals surface area (Å²) < 4.78 is 11.1. The van der Waals surface area contributed by atoms with Gasteiger partial charge in [-0.1, -0.05) is 12.1 Å². The molecule has 5 heteroatoms. The third-order valence-electron chi connectivity index (χ3n) is 5.65. The summed E-state index contributed by atoms with van der Waals surface area (Å²) in [7, 11) is 0. The highest BCUT2D eigenvalue weighted by molar-refractivity contribution is 6.05. The largest absolute Gasteiger partial charge is 0.454 e. The van der Waals surface area contributed by atoms with Crippen LogP contribution in [0.2, 0.25) is 0 Å². The standard InChI is InChI=1S/C22H16N2O3/c25-17-7-6-16-22(17)20(12-3-8-18-19(10-12)27-11-26-18)21-13-2-1-9-23-14(13)4-5-15(21)24-16/h1-5,8-10,20,24H,6-7,11H2. The molecule has 0 amide bonds. The Morgan fingerprint density at radius 3 is 2.93 bits per heavy atom. The van der Waals surface area contributed by atoms with Crippen LogP contribution < -0.4 is 14.8 Å². The lowest BCUT2D eigenvalue weighted by Gasteiger charge is -2.30. The van der Waals surface area contributed by atoms with Crippen LogP contribution in [0.1, 0.15) is 29.9 Å². The van der Waals surface area contributed by atoms with Crippen LogP contribution >= 0.6 is 0 Å². The molecule has 3 aromatic rings. The van der Waals surface area contributed by atoms with Gasteiger partial charge in [-0.2, -0.15) is 0 Å². The molecule has 27 heavy (non-hydrogen) atoms. The van der Waals surface area contributed by atoms with Crippen molar-refractivity contribution < 1.29 is 14.3 Å². The maximum absolute atomic E-state index is 12.8. The Morgan fingerprint density at radius 2 is 1.96 bits per heavy atom. The van der Waals surface area contributed by atoms with Gasteiger partial charge in [0.1, 0.15) is 0 Å². The van der Waals surface area contributed by atoms with Crippen LogP contribution in [-0.4, -0.2) is 17.6 Å². The summed E-state index contributed by atoms with van der Waals surface area (Å²) in [4.78, 5) is 17.3. The molecule has 1 aliphatic carbocycles. The molecule has 5 nitrogen and oxygen atoms in total. The van der Waals surface area contributed by atoms with Gasteiger partial charge in [-0.05, 0) is 47.9 Å². The number of carbonyl (C=O) groups is 1. The molecule has 2 aromatic carbocycles. The van der Waals surface area contributed by atoms with E-state index in [1.165, 1.54) is 0 Å². The number of fused-ring (bicyclic) bond motifs is 4. The highest BCUT2D eigenvalue weighted by Gasteiger charge is 2.38. The number of nitrogens with zero attached hydrogens (tertiary/aromatic N) is 1. The van der Waals surface area contributed by atoms with Crippen molar-refractivity contribution in [2.24, 2.45) is 0 Å². The number of aromatic nitrogens is 1. The van der Waals surface area contributed by atoms with Crippen LogP contribution in [0, 0.1) is 0 Å². The quantitative estimate of drug-likeness (QED) is 0.710. The van der Waals surface area contributed by atoms with Gasteiger partial charge >= 0.3 is 0 Å². The predicted molar refractivity (Wildman–Crippen MR) is 101 cm³/mol. The molecular weight excluding hydrogens is 340 g/mol. The molecule has 132 valence electrons. The molecule has 0 fully saturated rings. The molecular formula is C22H16N2O3. The molecule has 0 bridgehead atoms. The molecule has 0 saturated heterocycles. The summed E-state index contributed by atoms with van der Waals surface area (Å²) in [6.07, 6.45) is 3.12. The number of rotatable bonds is 1. The lowest BCUT2D eigenvalue weighted by molar-refractivity contribution is -0.115. The second kappa shape index (κ2) is 5.33. The molecule has 3 heterocycles. The molecule has 6 rings (SSSR count). The second-order valence-corrected chi connectivity index (χ2v) is 7.08. The second-order valence-electron chi connectivity index (χ2n) is 7.08. The third-order valence-corrected chi connectivity index (χ3v) is 5.65. The zero-order chi connectivity index (χ0) is 18.0. The number of benzene rings is 2. The fraction of sp³-hybridized carbons (Fsp3) is 0.182. The van der Waals surface area contributed by atoms with Crippen molar-refractivity contribution >= 4 is 22.4 Å². The minimum Gasteiger partial charge on any atom is -0.454 e. The normalized spacial score (nSPS) is 19.9. The number of anilines is 1. The van der Waals surface area contributed by atoms with Crippen molar-refractivity contribution in [2.45, 2.75) is 18.8 Å². The number of hydrogen-bond acceptors (Lipinski definition) is 5.